The van der Waals surface area contributed by atoms with Gasteiger partial charge in [0.15, 0.2) is 0 Å². The molecule has 96 valence electrons. The van der Waals surface area contributed by atoms with Crippen LogP contribution in [0.1, 0.15) is 57.6 Å². The Morgan fingerprint density at radius 2 is 1.71 bits per heavy atom. The molecule has 1 atom stereocenters. The molecule has 0 radical (unpaired) electrons. The van der Waals surface area contributed by atoms with Crippen molar-refractivity contribution in [1.29, 1.82) is 0 Å². The van der Waals surface area contributed by atoms with Crippen LogP contribution in [0.2, 0.25) is 0 Å². The van der Waals surface area contributed by atoms with Crippen LogP contribution in [0.15, 0.2) is 24.3 Å². The van der Waals surface area contributed by atoms with Crippen LogP contribution in [-0.2, 0) is 6.42 Å². The first-order valence-corrected chi connectivity index (χ1v) is 6.95. The van der Waals surface area contributed by atoms with E-state index in [4.69, 9.17) is 0 Å². The molecule has 0 amide bonds. The third-order valence-electron chi connectivity index (χ3n) is 3.26. The molecule has 0 aliphatic carbocycles. The SMILES string of the molecule is CCCNC(C)CCc1ccc(C(C)C)cc1. The van der Waals surface area contributed by atoms with Gasteiger partial charge < -0.3 is 5.32 Å². The molecule has 0 fully saturated rings. The van der Waals surface area contributed by atoms with E-state index in [-0.39, 0.29) is 0 Å². The van der Waals surface area contributed by atoms with E-state index in [0.717, 1.165) is 6.54 Å². The van der Waals surface area contributed by atoms with Gasteiger partial charge in [-0.1, -0.05) is 45.0 Å². The third kappa shape index (κ3) is 5.36. The number of nitrogens with one attached hydrogen (secondary N) is 1. The molecule has 0 saturated carbocycles. The van der Waals surface area contributed by atoms with E-state index in [1.807, 2.05) is 0 Å². The van der Waals surface area contributed by atoms with Gasteiger partial charge in [-0.2, -0.15) is 0 Å². The first-order valence-electron chi connectivity index (χ1n) is 6.95. The molecule has 1 nitrogen and oxygen atoms in total. The van der Waals surface area contributed by atoms with E-state index in [1.165, 1.54) is 30.4 Å². The lowest BCUT2D eigenvalue weighted by Gasteiger charge is -2.13. The standard InChI is InChI=1S/C16H27N/c1-5-12-17-14(4)6-7-15-8-10-16(11-9-15)13(2)3/h8-11,13-14,17H,5-7,12H2,1-4H3. The highest BCUT2D eigenvalue weighted by atomic mass is 14.9. The summed E-state index contributed by atoms with van der Waals surface area (Å²) in [4.78, 5) is 0. The summed E-state index contributed by atoms with van der Waals surface area (Å²) in [5.41, 5.74) is 2.89. The van der Waals surface area contributed by atoms with Crippen LogP contribution in [0, 0.1) is 0 Å². The minimum atomic E-state index is 0.625. The van der Waals surface area contributed by atoms with Crippen molar-refractivity contribution in [1.82, 2.24) is 5.32 Å². The van der Waals surface area contributed by atoms with Crippen LogP contribution in [-0.4, -0.2) is 12.6 Å². The average molecular weight is 233 g/mol. The van der Waals surface area contributed by atoms with E-state index >= 15 is 0 Å². The number of benzene rings is 1. The van der Waals surface area contributed by atoms with Crippen molar-refractivity contribution in [3.63, 3.8) is 0 Å². The quantitative estimate of drug-likeness (QED) is 0.746. The molecular weight excluding hydrogens is 206 g/mol. The number of hydrogen-bond donors (Lipinski definition) is 1. The Morgan fingerprint density at radius 3 is 2.24 bits per heavy atom. The van der Waals surface area contributed by atoms with Crippen molar-refractivity contribution >= 4 is 0 Å². The molecule has 1 aromatic carbocycles. The Hall–Kier alpha value is -0.820. The van der Waals surface area contributed by atoms with Crippen LogP contribution in [0.25, 0.3) is 0 Å². The van der Waals surface area contributed by atoms with Crippen molar-refractivity contribution in [2.45, 2.75) is 58.9 Å². The lowest BCUT2D eigenvalue weighted by atomic mass is 9.99. The normalized spacial score (nSPS) is 13.0. The maximum Gasteiger partial charge on any atom is 0.00418 e. The second-order valence-electron chi connectivity index (χ2n) is 5.29. The third-order valence-corrected chi connectivity index (χ3v) is 3.26. The van der Waals surface area contributed by atoms with Gasteiger partial charge in [0.05, 0.1) is 0 Å². The van der Waals surface area contributed by atoms with Crippen molar-refractivity contribution in [2.75, 3.05) is 6.54 Å². The Labute approximate surface area is 107 Å². The number of hydrogen-bond acceptors (Lipinski definition) is 1. The number of rotatable bonds is 7. The fourth-order valence-corrected chi connectivity index (χ4v) is 1.95. The maximum absolute atomic E-state index is 3.53. The minimum Gasteiger partial charge on any atom is -0.314 e. The molecule has 0 bridgehead atoms. The van der Waals surface area contributed by atoms with E-state index < -0.39 is 0 Å². The van der Waals surface area contributed by atoms with Crippen molar-refractivity contribution in [3.8, 4) is 0 Å². The monoisotopic (exact) mass is 233 g/mol. The predicted octanol–water partition coefficient (Wildman–Crippen LogP) is 4.13. The summed E-state index contributed by atoms with van der Waals surface area (Å²) < 4.78 is 0. The van der Waals surface area contributed by atoms with Crippen molar-refractivity contribution < 1.29 is 0 Å². The van der Waals surface area contributed by atoms with Crippen LogP contribution < -0.4 is 5.32 Å². The minimum absolute atomic E-state index is 0.625. The Bertz CT molecular complexity index is 300. The zero-order valence-corrected chi connectivity index (χ0v) is 11.8. The smallest absolute Gasteiger partial charge is 0.00418 e. The molecule has 0 heterocycles. The summed E-state index contributed by atoms with van der Waals surface area (Å²) in [5.74, 6) is 0.634. The summed E-state index contributed by atoms with van der Waals surface area (Å²) in [6.45, 7) is 10.1. The van der Waals surface area contributed by atoms with Gasteiger partial charge in [0.1, 0.15) is 0 Å². The zero-order valence-electron chi connectivity index (χ0n) is 11.8. The second kappa shape index (κ2) is 7.50. The molecule has 0 aliphatic heterocycles. The molecule has 0 aliphatic rings. The fourth-order valence-electron chi connectivity index (χ4n) is 1.95. The molecule has 1 N–H and O–H groups in total. The zero-order chi connectivity index (χ0) is 12.7. The van der Waals surface area contributed by atoms with E-state index in [9.17, 15) is 0 Å². The lowest BCUT2D eigenvalue weighted by molar-refractivity contribution is 0.514. The van der Waals surface area contributed by atoms with Gasteiger partial charge in [-0.15, -0.1) is 0 Å². The first kappa shape index (κ1) is 14.2. The highest BCUT2D eigenvalue weighted by Crippen LogP contribution is 2.15. The van der Waals surface area contributed by atoms with Gasteiger partial charge in [-0.25, -0.2) is 0 Å². The van der Waals surface area contributed by atoms with Gasteiger partial charge in [0.25, 0.3) is 0 Å². The lowest BCUT2D eigenvalue weighted by Crippen LogP contribution is -2.27. The first-order chi connectivity index (χ1) is 8.13. The predicted molar refractivity (Wildman–Crippen MR) is 76.6 cm³/mol. The van der Waals surface area contributed by atoms with Crippen LogP contribution in [0.3, 0.4) is 0 Å². The highest BCUT2D eigenvalue weighted by Gasteiger charge is 2.02. The van der Waals surface area contributed by atoms with Gasteiger partial charge in [0, 0.05) is 6.04 Å². The van der Waals surface area contributed by atoms with E-state index in [0.29, 0.717) is 12.0 Å². The summed E-state index contributed by atoms with van der Waals surface area (Å²) in [5, 5.41) is 3.53. The fraction of sp³-hybridized carbons (Fsp3) is 0.625. The maximum atomic E-state index is 3.53. The summed E-state index contributed by atoms with van der Waals surface area (Å²) in [6, 6.07) is 9.72. The molecule has 0 aromatic heterocycles. The molecule has 1 heteroatoms. The summed E-state index contributed by atoms with van der Waals surface area (Å²) in [6.07, 6.45) is 3.62. The van der Waals surface area contributed by atoms with Gasteiger partial charge in [-0.05, 0) is 49.8 Å². The Morgan fingerprint density at radius 1 is 1.06 bits per heavy atom. The molecule has 1 rings (SSSR count). The largest absolute Gasteiger partial charge is 0.314 e. The van der Waals surface area contributed by atoms with E-state index in [2.05, 4.69) is 57.3 Å². The summed E-state index contributed by atoms with van der Waals surface area (Å²) in [7, 11) is 0. The summed E-state index contributed by atoms with van der Waals surface area (Å²) >= 11 is 0. The molecule has 0 spiro atoms. The average Bonchev–Trinajstić information content (AvgIpc) is 2.34. The molecule has 1 aromatic rings. The second-order valence-corrected chi connectivity index (χ2v) is 5.29. The van der Waals surface area contributed by atoms with Gasteiger partial charge in [-0.3, -0.25) is 0 Å². The topological polar surface area (TPSA) is 12.0 Å². The highest BCUT2D eigenvalue weighted by molar-refractivity contribution is 5.24. The van der Waals surface area contributed by atoms with Crippen molar-refractivity contribution in [2.24, 2.45) is 0 Å². The molecule has 17 heavy (non-hydrogen) atoms. The number of aryl methyl sites for hydroxylation is 1. The van der Waals surface area contributed by atoms with Crippen LogP contribution >= 0.6 is 0 Å². The van der Waals surface area contributed by atoms with Gasteiger partial charge in [0.2, 0.25) is 0 Å². The van der Waals surface area contributed by atoms with Crippen molar-refractivity contribution in [3.05, 3.63) is 35.4 Å². The molecule has 1 unspecified atom stereocenters. The Balaban J connectivity index is 2.36. The molecule has 0 saturated heterocycles. The van der Waals surface area contributed by atoms with E-state index in [1.54, 1.807) is 0 Å². The molecular formula is C16H27N. The van der Waals surface area contributed by atoms with Crippen LogP contribution in [0.4, 0.5) is 0 Å². The van der Waals surface area contributed by atoms with Crippen LogP contribution in [0.5, 0.6) is 0 Å². The van der Waals surface area contributed by atoms with Gasteiger partial charge >= 0.3 is 0 Å². The Kier molecular flexibility index (Phi) is 6.28.